The van der Waals surface area contributed by atoms with E-state index in [1.54, 1.807) is 0 Å². The number of carboxylic acid groups (broad SMARTS) is 1. The fourth-order valence-corrected chi connectivity index (χ4v) is 1.21. The summed E-state index contributed by atoms with van der Waals surface area (Å²) in [4.78, 5) is 10.6. The lowest BCUT2D eigenvalue weighted by molar-refractivity contribution is -0.152. The molecule has 3 heteroatoms. The van der Waals surface area contributed by atoms with Crippen LogP contribution in [0.5, 0.6) is 0 Å². The van der Waals surface area contributed by atoms with Crippen molar-refractivity contribution in [3.8, 4) is 0 Å². The first kappa shape index (κ1) is 10.4. The molecule has 0 radical (unpaired) electrons. The minimum absolute atomic E-state index is 0.137. The maximum absolute atomic E-state index is 10.6. The van der Waals surface area contributed by atoms with Gasteiger partial charge in [0.1, 0.15) is 0 Å². The van der Waals surface area contributed by atoms with Crippen molar-refractivity contribution in [3.63, 3.8) is 0 Å². The van der Waals surface area contributed by atoms with E-state index in [1.807, 2.05) is 13.8 Å². The summed E-state index contributed by atoms with van der Waals surface area (Å²) in [5, 5.41) is 8.68. The Morgan fingerprint density at radius 2 is 1.91 bits per heavy atom. The normalized spacial score (nSPS) is 13.5. The Morgan fingerprint density at radius 3 is 2.00 bits per heavy atom. The van der Waals surface area contributed by atoms with E-state index in [2.05, 4.69) is 0 Å². The minimum atomic E-state index is -0.860. The molecule has 11 heavy (non-hydrogen) atoms. The van der Waals surface area contributed by atoms with Gasteiger partial charge in [-0.1, -0.05) is 26.7 Å². The summed E-state index contributed by atoms with van der Waals surface area (Å²) < 4.78 is 4.86. The Hall–Kier alpha value is -0.570. The minimum Gasteiger partial charge on any atom is -0.479 e. The molecule has 0 heterocycles. The Kier molecular flexibility index (Phi) is 4.86. The smallest absolute Gasteiger partial charge is 0.333 e. The van der Waals surface area contributed by atoms with Crippen LogP contribution >= 0.6 is 0 Å². The van der Waals surface area contributed by atoms with Crippen molar-refractivity contribution < 1.29 is 14.6 Å². The molecule has 0 aliphatic rings. The first-order chi connectivity index (χ1) is 5.17. The lowest BCUT2D eigenvalue weighted by Gasteiger charge is -2.19. The van der Waals surface area contributed by atoms with Crippen LogP contribution in [0, 0.1) is 5.92 Å². The summed E-state index contributed by atoms with van der Waals surface area (Å²) in [5.41, 5.74) is 0. The van der Waals surface area contributed by atoms with E-state index in [-0.39, 0.29) is 5.92 Å². The molecule has 0 aromatic carbocycles. The van der Waals surface area contributed by atoms with E-state index >= 15 is 0 Å². The van der Waals surface area contributed by atoms with E-state index in [1.165, 1.54) is 7.11 Å². The largest absolute Gasteiger partial charge is 0.479 e. The molecule has 0 unspecified atom stereocenters. The maximum Gasteiger partial charge on any atom is 0.333 e. The zero-order valence-corrected chi connectivity index (χ0v) is 7.33. The summed E-state index contributed by atoms with van der Waals surface area (Å²) in [5.74, 6) is -0.723. The van der Waals surface area contributed by atoms with Crippen LogP contribution < -0.4 is 0 Å². The van der Waals surface area contributed by atoms with Gasteiger partial charge in [-0.15, -0.1) is 0 Å². The Bertz CT molecular complexity index is 119. The monoisotopic (exact) mass is 160 g/mol. The number of carbonyl (C=O) groups is 1. The number of hydrogen-bond acceptors (Lipinski definition) is 2. The first-order valence-electron chi connectivity index (χ1n) is 3.92. The number of rotatable bonds is 5. The van der Waals surface area contributed by atoms with Crippen LogP contribution in [0.2, 0.25) is 0 Å². The lowest BCUT2D eigenvalue weighted by atomic mass is 9.97. The lowest BCUT2D eigenvalue weighted by Crippen LogP contribution is -2.30. The van der Waals surface area contributed by atoms with Crippen molar-refractivity contribution >= 4 is 5.97 Å². The Labute approximate surface area is 67.4 Å². The molecule has 0 aliphatic carbocycles. The van der Waals surface area contributed by atoms with E-state index in [4.69, 9.17) is 9.84 Å². The SMILES string of the molecule is CCC(CC)[C@H](OC)C(=O)O. The van der Waals surface area contributed by atoms with Gasteiger partial charge in [0, 0.05) is 7.11 Å². The molecule has 1 N–H and O–H groups in total. The number of ether oxygens (including phenoxy) is 1. The molecule has 66 valence electrons. The average molecular weight is 160 g/mol. The zero-order valence-electron chi connectivity index (χ0n) is 7.33. The van der Waals surface area contributed by atoms with Crippen molar-refractivity contribution in [2.75, 3.05) is 7.11 Å². The third kappa shape index (κ3) is 2.89. The molecule has 0 bridgehead atoms. The molecule has 3 nitrogen and oxygen atoms in total. The number of methoxy groups -OCH3 is 1. The molecule has 0 aliphatic heterocycles. The summed E-state index contributed by atoms with van der Waals surface area (Å²) in [6, 6.07) is 0. The van der Waals surface area contributed by atoms with Crippen LogP contribution in [0.4, 0.5) is 0 Å². The first-order valence-corrected chi connectivity index (χ1v) is 3.92. The second-order valence-corrected chi connectivity index (χ2v) is 2.57. The van der Waals surface area contributed by atoms with Crippen molar-refractivity contribution in [3.05, 3.63) is 0 Å². The maximum atomic E-state index is 10.6. The fraction of sp³-hybridized carbons (Fsp3) is 0.875. The molecule has 0 spiro atoms. The van der Waals surface area contributed by atoms with Crippen LogP contribution in [0.15, 0.2) is 0 Å². The molecule has 0 amide bonds. The molecular weight excluding hydrogens is 144 g/mol. The molecule has 0 rings (SSSR count). The van der Waals surface area contributed by atoms with E-state index in [0.29, 0.717) is 0 Å². The third-order valence-corrected chi connectivity index (χ3v) is 1.97. The van der Waals surface area contributed by atoms with Crippen LogP contribution in [-0.2, 0) is 9.53 Å². The molecule has 0 saturated carbocycles. The molecule has 0 aromatic rings. The molecule has 0 aromatic heterocycles. The number of aliphatic carboxylic acids is 1. The highest BCUT2D eigenvalue weighted by molar-refractivity contribution is 5.72. The van der Waals surface area contributed by atoms with Crippen molar-refractivity contribution in [2.45, 2.75) is 32.8 Å². The predicted molar refractivity (Wildman–Crippen MR) is 42.5 cm³/mol. The van der Waals surface area contributed by atoms with Gasteiger partial charge < -0.3 is 9.84 Å². The standard InChI is InChI=1S/C8H16O3/c1-4-6(5-2)7(11-3)8(9)10/h6-7H,4-5H2,1-3H3,(H,9,10)/t7-/m0/s1. The van der Waals surface area contributed by atoms with Gasteiger partial charge in [0.15, 0.2) is 6.10 Å². The summed E-state index contributed by atoms with van der Waals surface area (Å²) in [6.45, 7) is 3.95. The topological polar surface area (TPSA) is 46.5 Å². The number of hydrogen-bond donors (Lipinski definition) is 1. The van der Waals surface area contributed by atoms with Gasteiger partial charge >= 0.3 is 5.97 Å². The van der Waals surface area contributed by atoms with Crippen LogP contribution in [0.3, 0.4) is 0 Å². The Balaban J connectivity index is 4.09. The summed E-state index contributed by atoms with van der Waals surface area (Å²) in [7, 11) is 1.44. The second kappa shape index (κ2) is 5.13. The van der Waals surface area contributed by atoms with Gasteiger partial charge in [-0.25, -0.2) is 4.79 Å². The van der Waals surface area contributed by atoms with E-state index in [0.717, 1.165) is 12.8 Å². The molecular formula is C8H16O3. The van der Waals surface area contributed by atoms with Crippen LogP contribution in [-0.4, -0.2) is 24.3 Å². The van der Waals surface area contributed by atoms with Crippen LogP contribution in [0.1, 0.15) is 26.7 Å². The van der Waals surface area contributed by atoms with Gasteiger partial charge in [0.05, 0.1) is 0 Å². The highest BCUT2D eigenvalue weighted by atomic mass is 16.5. The van der Waals surface area contributed by atoms with E-state index in [9.17, 15) is 4.79 Å². The second-order valence-electron chi connectivity index (χ2n) is 2.57. The van der Waals surface area contributed by atoms with Crippen LogP contribution in [0.25, 0.3) is 0 Å². The Morgan fingerprint density at radius 1 is 1.45 bits per heavy atom. The van der Waals surface area contributed by atoms with Gasteiger partial charge in [-0.3, -0.25) is 0 Å². The highest BCUT2D eigenvalue weighted by Gasteiger charge is 2.24. The van der Waals surface area contributed by atoms with Gasteiger partial charge in [0.25, 0.3) is 0 Å². The summed E-state index contributed by atoms with van der Waals surface area (Å²) >= 11 is 0. The van der Waals surface area contributed by atoms with Gasteiger partial charge in [0.2, 0.25) is 0 Å². The fourth-order valence-electron chi connectivity index (χ4n) is 1.21. The summed E-state index contributed by atoms with van der Waals surface area (Å²) in [6.07, 6.45) is 1.06. The van der Waals surface area contributed by atoms with Crippen molar-refractivity contribution in [1.29, 1.82) is 0 Å². The zero-order chi connectivity index (χ0) is 8.85. The molecule has 0 fully saturated rings. The molecule has 0 saturated heterocycles. The van der Waals surface area contributed by atoms with E-state index < -0.39 is 12.1 Å². The quantitative estimate of drug-likeness (QED) is 0.663. The van der Waals surface area contributed by atoms with Gasteiger partial charge in [-0.2, -0.15) is 0 Å². The number of carboxylic acids is 1. The van der Waals surface area contributed by atoms with Gasteiger partial charge in [-0.05, 0) is 5.92 Å². The highest BCUT2D eigenvalue weighted by Crippen LogP contribution is 2.15. The van der Waals surface area contributed by atoms with Crippen molar-refractivity contribution in [1.82, 2.24) is 0 Å². The molecule has 1 atom stereocenters. The van der Waals surface area contributed by atoms with Crippen molar-refractivity contribution in [2.24, 2.45) is 5.92 Å². The third-order valence-electron chi connectivity index (χ3n) is 1.97. The average Bonchev–Trinajstić information content (AvgIpc) is 1.99. The predicted octanol–water partition coefficient (Wildman–Crippen LogP) is 1.52.